The Morgan fingerprint density at radius 1 is 0.962 bits per heavy atom. The van der Waals surface area contributed by atoms with E-state index in [0.29, 0.717) is 22.4 Å². The van der Waals surface area contributed by atoms with Crippen LogP contribution in [-0.2, 0) is 0 Å². The van der Waals surface area contributed by atoms with E-state index in [4.69, 9.17) is 26.4 Å². The van der Waals surface area contributed by atoms with E-state index in [0.717, 1.165) is 21.3 Å². The lowest BCUT2D eigenvalue weighted by Gasteiger charge is -2.27. The van der Waals surface area contributed by atoms with Gasteiger partial charge >= 0.3 is 0 Å². The number of benzene rings is 2. The number of thiocarbonyl (C=S) groups is 1. The van der Waals surface area contributed by atoms with Gasteiger partial charge in [-0.1, -0.05) is 28.1 Å². The number of nitrogens with one attached hydrogen (secondary N) is 2. The van der Waals surface area contributed by atoms with Crippen LogP contribution in [0.25, 0.3) is 5.70 Å². The van der Waals surface area contributed by atoms with Gasteiger partial charge in [0, 0.05) is 15.7 Å². The predicted molar refractivity (Wildman–Crippen MR) is 110 cm³/mol. The van der Waals surface area contributed by atoms with E-state index in [1.165, 1.54) is 0 Å². The molecule has 0 spiro atoms. The van der Waals surface area contributed by atoms with Gasteiger partial charge in [-0.25, -0.2) is 0 Å². The molecule has 0 amide bonds. The third-order valence-electron chi connectivity index (χ3n) is 4.07. The van der Waals surface area contributed by atoms with Gasteiger partial charge in [-0.05, 0) is 48.1 Å². The highest BCUT2D eigenvalue weighted by molar-refractivity contribution is 9.10. The van der Waals surface area contributed by atoms with Gasteiger partial charge in [0.15, 0.2) is 16.6 Å². The Balaban J connectivity index is 2.04. The van der Waals surface area contributed by atoms with E-state index in [1.54, 1.807) is 21.3 Å². The molecule has 1 heterocycles. The van der Waals surface area contributed by atoms with Crippen molar-refractivity contribution in [2.45, 2.75) is 6.04 Å². The summed E-state index contributed by atoms with van der Waals surface area (Å²) in [6.07, 6.45) is 2.08. The first-order chi connectivity index (χ1) is 12.5. The molecule has 1 aliphatic rings. The van der Waals surface area contributed by atoms with Gasteiger partial charge in [0.25, 0.3) is 0 Å². The normalized spacial score (nSPS) is 16.2. The largest absolute Gasteiger partial charge is 0.493 e. The van der Waals surface area contributed by atoms with E-state index in [9.17, 15) is 0 Å². The van der Waals surface area contributed by atoms with Crippen LogP contribution in [0.2, 0.25) is 0 Å². The van der Waals surface area contributed by atoms with Gasteiger partial charge in [0.1, 0.15) is 0 Å². The zero-order valence-electron chi connectivity index (χ0n) is 14.6. The maximum Gasteiger partial charge on any atom is 0.203 e. The van der Waals surface area contributed by atoms with E-state index in [-0.39, 0.29) is 6.04 Å². The number of hydrogen-bond donors (Lipinski definition) is 2. The average Bonchev–Trinajstić information content (AvgIpc) is 2.66. The number of rotatable bonds is 5. The third kappa shape index (κ3) is 3.78. The first kappa shape index (κ1) is 18.5. The van der Waals surface area contributed by atoms with Crippen molar-refractivity contribution < 1.29 is 14.2 Å². The lowest BCUT2D eigenvalue weighted by molar-refractivity contribution is 0.324. The molecular formula is C19H19BrN2O3S. The summed E-state index contributed by atoms with van der Waals surface area (Å²) in [6.45, 7) is 0. The molecule has 26 heavy (non-hydrogen) atoms. The maximum absolute atomic E-state index is 5.45. The van der Waals surface area contributed by atoms with Crippen LogP contribution in [0.15, 0.2) is 46.9 Å². The van der Waals surface area contributed by atoms with Crippen molar-refractivity contribution in [1.82, 2.24) is 10.6 Å². The minimum Gasteiger partial charge on any atom is -0.493 e. The number of hydrogen-bond acceptors (Lipinski definition) is 4. The lowest BCUT2D eigenvalue weighted by Crippen LogP contribution is -2.40. The first-order valence-corrected chi connectivity index (χ1v) is 9.11. The van der Waals surface area contributed by atoms with Crippen LogP contribution in [0.1, 0.15) is 17.2 Å². The van der Waals surface area contributed by atoms with Crippen LogP contribution in [0.3, 0.4) is 0 Å². The molecule has 1 aliphatic heterocycles. The average molecular weight is 435 g/mol. The van der Waals surface area contributed by atoms with Crippen molar-refractivity contribution in [2.75, 3.05) is 21.3 Å². The number of ether oxygens (including phenoxy) is 3. The molecule has 0 saturated carbocycles. The van der Waals surface area contributed by atoms with Gasteiger partial charge in [-0.15, -0.1) is 0 Å². The Morgan fingerprint density at radius 2 is 1.58 bits per heavy atom. The Bertz CT molecular complexity index is 827. The number of methoxy groups -OCH3 is 3. The highest BCUT2D eigenvalue weighted by Crippen LogP contribution is 2.40. The fraction of sp³-hybridized carbons (Fsp3) is 0.211. The zero-order chi connectivity index (χ0) is 18.7. The number of halogens is 1. The molecule has 136 valence electrons. The Kier molecular flexibility index (Phi) is 5.68. The van der Waals surface area contributed by atoms with Crippen molar-refractivity contribution in [2.24, 2.45) is 0 Å². The fourth-order valence-electron chi connectivity index (χ4n) is 2.80. The minimum absolute atomic E-state index is 0.0362. The molecule has 0 aromatic heterocycles. The topological polar surface area (TPSA) is 51.8 Å². The summed E-state index contributed by atoms with van der Waals surface area (Å²) in [5, 5.41) is 7.04. The molecular weight excluding hydrogens is 416 g/mol. The maximum atomic E-state index is 5.45. The van der Waals surface area contributed by atoms with E-state index >= 15 is 0 Å². The van der Waals surface area contributed by atoms with E-state index in [1.807, 2.05) is 24.3 Å². The lowest BCUT2D eigenvalue weighted by atomic mass is 10.0. The van der Waals surface area contributed by atoms with Gasteiger partial charge in [0.05, 0.1) is 27.4 Å². The standard InChI is InChI=1S/C19H19BrN2O3S/c1-23-16-8-12(9-17(24-2)18(16)25-3)15-10-14(21-19(26)22-15)11-4-6-13(20)7-5-11/h4-10,14H,1-3H3,(H2,21,22,26). The summed E-state index contributed by atoms with van der Waals surface area (Å²) in [6, 6.07) is 11.9. The Hall–Kier alpha value is -2.25. The second-order valence-electron chi connectivity index (χ2n) is 5.62. The Morgan fingerprint density at radius 3 is 2.12 bits per heavy atom. The van der Waals surface area contributed by atoms with Crippen molar-refractivity contribution >= 4 is 39.0 Å². The molecule has 0 aliphatic carbocycles. The van der Waals surface area contributed by atoms with Crippen molar-refractivity contribution in [1.29, 1.82) is 0 Å². The molecule has 0 radical (unpaired) electrons. The van der Waals surface area contributed by atoms with E-state index < -0.39 is 0 Å². The fourth-order valence-corrected chi connectivity index (χ4v) is 3.31. The molecule has 2 aromatic rings. The van der Waals surface area contributed by atoms with Crippen LogP contribution in [-0.4, -0.2) is 26.4 Å². The first-order valence-electron chi connectivity index (χ1n) is 7.91. The van der Waals surface area contributed by atoms with Crippen LogP contribution in [0, 0.1) is 0 Å². The summed E-state index contributed by atoms with van der Waals surface area (Å²) in [4.78, 5) is 0. The molecule has 2 N–H and O–H groups in total. The second-order valence-corrected chi connectivity index (χ2v) is 6.95. The highest BCUT2D eigenvalue weighted by atomic mass is 79.9. The molecule has 0 fully saturated rings. The van der Waals surface area contributed by atoms with Gasteiger partial charge in [-0.3, -0.25) is 0 Å². The SMILES string of the molecule is COc1cc(C2=CC(c3ccc(Br)cc3)NC(=S)N2)cc(OC)c1OC. The quantitative estimate of drug-likeness (QED) is 0.692. The molecule has 1 atom stereocenters. The molecule has 0 saturated heterocycles. The summed E-state index contributed by atoms with van der Waals surface area (Å²) in [5.41, 5.74) is 2.88. The third-order valence-corrected chi connectivity index (χ3v) is 4.82. The molecule has 5 nitrogen and oxygen atoms in total. The van der Waals surface area contributed by atoms with Crippen LogP contribution in [0.5, 0.6) is 17.2 Å². The second kappa shape index (κ2) is 7.97. The predicted octanol–water partition coefficient (Wildman–Crippen LogP) is 4.03. The summed E-state index contributed by atoms with van der Waals surface area (Å²) >= 11 is 8.86. The van der Waals surface area contributed by atoms with Gasteiger partial charge in [0.2, 0.25) is 5.75 Å². The van der Waals surface area contributed by atoms with Crippen LogP contribution >= 0.6 is 28.1 Å². The van der Waals surface area contributed by atoms with Crippen molar-refractivity contribution in [3.8, 4) is 17.2 Å². The van der Waals surface area contributed by atoms with Crippen molar-refractivity contribution in [3.63, 3.8) is 0 Å². The molecule has 1 unspecified atom stereocenters. The summed E-state index contributed by atoms with van der Waals surface area (Å²) < 4.78 is 17.3. The molecule has 7 heteroatoms. The monoisotopic (exact) mass is 434 g/mol. The minimum atomic E-state index is -0.0362. The highest BCUT2D eigenvalue weighted by Gasteiger charge is 2.21. The van der Waals surface area contributed by atoms with Gasteiger partial charge < -0.3 is 24.8 Å². The van der Waals surface area contributed by atoms with E-state index in [2.05, 4.69) is 44.8 Å². The summed E-state index contributed by atoms with van der Waals surface area (Å²) in [7, 11) is 4.78. The Labute approximate surface area is 166 Å². The van der Waals surface area contributed by atoms with Crippen molar-refractivity contribution in [3.05, 3.63) is 58.1 Å². The molecule has 3 rings (SSSR count). The smallest absolute Gasteiger partial charge is 0.203 e. The summed E-state index contributed by atoms with van der Waals surface area (Å²) in [5.74, 6) is 1.74. The van der Waals surface area contributed by atoms with Gasteiger partial charge in [-0.2, -0.15) is 0 Å². The molecule has 0 bridgehead atoms. The van der Waals surface area contributed by atoms with Crippen LogP contribution < -0.4 is 24.8 Å². The van der Waals surface area contributed by atoms with Crippen LogP contribution in [0.4, 0.5) is 0 Å². The molecule has 2 aromatic carbocycles. The zero-order valence-corrected chi connectivity index (χ0v) is 17.0.